The number of hydrogen-bond acceptors (Lipinski definition) is 5. The Hall–Kier alpha value is -2.89. The zero-order valence-electron chi connectivity index (χ0n) is 18.9. The van der Waals surface area contributed by atoms with Gasteiger partial charge in [0.2, 0.25) is 5.71 Å². The summed E-state index contributed by atoms with van der Waals surface area (Å²) in [6, 6.07) is 11.7. The average Bonchev–Trinajstić information content (AvgIpc) is 3.16. The predicted octanol–water partition coefficient (Wildman–Crippen LogP) is 3.86. The number of benzene rings is 1. The lowest BCUT2D eigenvalue weighted by Crippen LogP contribution is -2.59. The molecule has 0 N–H and O–H groups in total. The van der Waals surface area contributed by atoms with E-state index in [4.69, 9.17) is 8.53 Å². The van der Waals surface area contributed by atoms with E-state index in [9.17, 15) is 0 Å². The molecule has 6 heteroatoms. The SMILES string of the molecule is [2H]C([2H])([2H])N1c2ccccc2N(N2B(C)c3oc4nc(C)ccc4c3C=C2C)[C@H]1C. The van der Waals surface area contributed by atoms with Gasteiger partial charge in [-0.1, -0.05) is 19.0 Å². The summed E-state index contributed by atoms with van der Waals surface area (Å²) in [6.07, 6.45) is 1.72. The number of aromatic nitrogens is 1. The van der Waals surface area contributed by atoms with Gasteiger partial charge in [-0.2, -0.15) is 0 Å². The molecule has 0 bridgehead atoms. The number of rotatable bonds is 1. The van der Waals surface area contributed by atoms with Crippen LogP contribution in [0.15, 0.2) is 46.5 Å². The van der Waals surface area contributed by atoms with Crippen LogP contribution in [0, 0.1) is 6.92 Å². The summed E-state index contributed by atoms with van der Waals surface area (Å²) in [4.78, 5) is 8.18. The van der Waals surface area contributed by atoms with Crippen molar-refractivity contribution >= 4 is 41.1 Å². The minimum absolute atomic E-state index is 0.119. The number of fused-ring (bicyclic) bond motifs is 4. The number of aryl methyl sites for hydroxylation is 1. The van der Waals surface area contributed by atoms with Gasteiger partial charge in [-0.15, -0.1) is 0 Å². The molecule has 4 heterocycles. The highest BCUT2D eigenvalue weighted by molar-refractivity contribution is 6.70. The largest absolute Gasteiger partial charge is 0.450 e. The van der Waals surface area contributed by atoms with Crippen LogP contribution in [0.25, 0.3) is 17.2 Å². The zero-order valence-corrected chi connectivity index (χ0v) is 15.9. The van der Waals surface area contributed by atoms with E-state index in [0.717, 1.165) is 33.7 Å². The van der Waals surface area contributed by atoms with Crippen molar-refractivity contribution in [3.05, 3.63) is 53.4 Å². The van der Waals surface area contributed by atoms with Gasteiger partial charge in [-0.25, -0.2) is 4.98 Å². The van der Waals surface area contributed by atoms with Crippen LogP contribution < -0.4 is 15.6 Å². The van der Waals surface area contributed by atoms with Crippen molar-refractivity contribution in [2.75, 3.05) is 16.9 Å². The number of pyridine rings is 1. The third-order valence-corrected chi connectivity index (χ3v) is 5.57. The lowest BCUT2D eigenvalue weighted by atomic mass is 9.58. The van der Waals surface area contributed by atoms with Crippen molar-refractivity contribution in [2.45, 2.75) is 33.8 Å². The van der Waals surface area contributed by atoms with E-state index in [1.54, 1.807) is 0 Å². The van der Waals surface area contributed by atoms with Crippen LogP contribution in [0.2, 0.25) is 6.82 Å². The smallest absolute Gasteiger partial charge is 0.353 e. The Balaban J connectivity index is 1.65. The molecule has 0 saturated heterocycles. The van der Waals surface area contributed by atoms with Crippen molar-refractivity contribution in [3.8, 4) is 0 Å². The Morgan fingerprint density at radius 2 is 1.93 bits per heavy atom. The molecule has 0 unspecified atom stereocenters. The molecule has 0 radical (unpaired) electrons. The highest BCUT2D eigenvalue weighted by Gasteiger charge is 2.41. The molecule has 0 spiro atoms. The molecule has 27 heavy (non-hydrogen) atoms. The quantitative estimate of drug-likeness (QED) is 0.615. The first-order chi connectivity index (χ1) is 14.2. The van der Waals surface area contributed by atoms with E-state index in [0.29, 0.717) is 11.4 Å². The molecule has 0 fully saturated rings. The normalized spacial score (nSPS) is 21.0. The minimum atomic E-state index is -2.24. The van der Waals surface area contributed by atoms with Crippen LogP contribution in [-0.2, 0) is 0 Å². The van der Waals surface area contributed by atoms with E-state index in [2.05, 4.69) is 33.9 Å². The number of anilines is 2. The Labute approximate surface area is 164 Å². The number of hydrazine groups is 1. The van der Waals surface area contributed by atoms with Crippen molar-refractivity contribution in [1.29, 1.82) is 0 Å². The van der Waals surface area contributed by atoms with Crippen molar-refractivity contribution < 1.29 is 8.53 Å². The van der Waals surface area contributed by atoms with Crippen LogP contribution in [0.1, 0.15) is 29.2 Å². The second kappa shape index (κ2) is 5.55. The first-order valence-electron chi connectivity index (χ1n) is 10.7. The van der Waals surface area contributed by atoms with Gasteiger partial charge in [0.15, 0.2) is 0 Å². The Bertz CT molecular complexity index is 1190. The Morgan fingerprint density at radius 1 is 1.15 bits per heavy atom. The summed E-state index contributed by atoms with van der Waals surface area (Å²) in [5.74, 6) is 0. The molecule has 2 aliphatic heterocycles. The van der Waals surface area contributed by atoms with Gasteiger partial charge in [-0.3, -0.25) is 5.01 Å². The maximum absolute atomic E-state index is 8.08. The van der Waals surface area contributed by atoms with E-state index in [1.807, 2.05) is 51.1 Å². The van der Waals surface area contributed by atoms with Crippen LogP contribution in [0.4, 0.5) is 11.4 Å². The van der Waals surface area contributed by atoms with E-state index in [-0.39, 0.29) is 13.0 Å². The van der Waals surface area contributed by atoms with Gasteiger partial charge in [0.05, 0.1) is 11.4 Å². The second-order valence-corrected chi connectivity index (χ2v) is 7.33. The molecular formula is C21H23BN4O. The third-order valence-electron chi connectivity index (χ3n) is 5.57. The van der Waals surface area contributed by atoms with E-state index < -0.39 is 6.98 Å². The third kappa shape index (κ3) is 2.16. The fourth-order valence-corrected chi connectivity index (χ4v) is 4.28. The number of allylic oxidation sites excluding steroid dienone is 1. The molecule has 3 aromatic rings. The lowest BCUT2D eigenvalue weighted by molar-refractivity contribution is 0.435. The van der Waals surface area contributed by atoms with Crippen LogP contribution in [-0.4, -0.2) is 29.9 Å². The molecule has 5 nitrogen and oxygen atoms in total. The van der Waals surface area contributed by atoms with Gasteiger partial charge in [0, 0.05) is 33.4 Å². The zero-order chi connectivity index (χ0) is 21.4. The highest BCUT2D eigenvalue weighted by atomic mass is 16.3. The van der Waals surface area contributed by atoms with Crippen LogP contribution in [0.3, 0.4) is 0 Å². The van der Waals surface area contributed by atoms with E-state index >= 15 is 0 Å². The minimum Gasteiger partial charge on any atom is -0.450 e. The monoisotopic (exact) mass is 361 g/mol. The maximum Gasteiger partial charge on any atom is 0.353 e. The lowest BCUT2D eigenvalue weighted by Gasteiger charge is -2.43. The van der Waals surface area contributed by atoms with Crippen molar-refractivity contribution in [3.63, 3.8) is 0 Å². The standard InChI is InChI=1S/C21H23BN4O/c1-13-10-11-16-17-12-14(2)26(22(4)20(17)27-21(16)23-13)25-15(3)24(5)18-8-6-7-9-19(18)25/h6-12,15H,1-5H3/t15-/m0/s1/i5D3. The summed E-state index contributed by atoms with van der Waals surface area (Å²) >= 11 is 0. The molecule has 0 saturated carbocycles. The molecule has 2 aliphatic rings. The number of furan rings is 1. The van der Waals surface area contributed by atoms with Gasteiger partial charge in [-0.05, 0) is 51.1 Å². The molecule has 2 aromatic heterocycles. The summed E-state index contributed by atoms with van der Waals surface area (Å²) in [5, 5.41) is 3.06. The Kier molecular flexibility index (Phi) is 2.74. The van der Waals surface area contributed by atoms with Crippen LogP contribution in [0.5, 0.6) is 0 Å². The maximum atomic E-state index is 8.08. The van der Waals surface area contributed by atoms with Crippen LogP contribution >= 0.6 is 0 Å². The van der Waals surface area contributed by atoms with Crippen molar-refractivity contribution in [2.24, 2.45) is 0 Å². The first kappa shape index (κ1) is 13.3. The summed E-state index contributed by atoms with van der Waals surface area (Å²) in [6.45, 7) is 5.64. The van der Waals surface area contributed by atoms with Gasteiger partial charge >= 0.3 is 6.85 Å². The number of para-hydroxylation sites is 2. The fourth-order valence-electron chi connectivity index (χ4n) is 4.28. The Morgan fingerprint density at radius 3 is 2.70 bits per heavy atom. The van der Waals surface area contributed by atoms with Gasteiger partial charge < -0.3 is 14.2 Å². The number of nitrogens with zero attached hydrogens (tertiary/aromatic N) is 4. The molecule has 136 valence electrons. The topological polar surface area (TPSA) is 35.8 Å². The first-order valence-corrected chi connectivity index (χ1v) is 9.23. The van der Waals surface area contributed by atoms with Gasteiger partial charge in [0.25, 0.3) is 0 Å². The second-order valence-electron chi connectivity index (χ2n) is 7.33. The van der Waals surface area contributed by atoms with Gasteiger partial charge in [0.1, 0.15) is 11.8 Å². The number of hydrogen-bond donors (Lipinski definition) is 0. The van der Waals surface area contributed by atoms with E-state index in [1.165, 1.54) is 4.90 Å². The fraction of sp³-hybridized carbons (Fsp3) is 0.286. The predicted molar refractivity (Wildman–Crippen MR) is 112 cm³/mol. The molecule has 0 amide bonds. The molecule has 0 aliphatic carbocycles. The molecule has 1 atom stereocenters. The molecular weight excluding hydrogens is 335 g/mol. The summed E-state index contributed by atoms with van der Waals surface area (Å²) < 4.78 is 30.4. The molecule has 5 rings (SSSR count). The average molecular weight is 361 g/mol. The summed E-state index contributed by atoms with van der Waals surface area (Å²) in [5.41, 5.74) is 6.03. The highest BCUT2D eigenvalue weighted by Crippen LogP contribution is 2.41. The van der Waals surface area contributed by atoms with Crippen molar-refractivity contribution in [1.82, 2.24) is 9.90 Å². The molecule has 1 aromatic carbocycles. The summed E-state index contributed by atoms with van der Waals surface area (Å²) in [7, 11) is 0.